The lowest BCUT2D eigenvalue weighted by molar-refractivity contribution is -0.121. The largest absolute Gasteiger partial charge is 0.493 e. The molecule has 1 aromatic carbocycles. The predicted octanol–water partition coefficient (Wildman–Crippen LogP) is 2.92. The van der Waals surface area contributed by atoms with Crippen LogP contribution in [0.4, 0.5) is 0 Å². The van der Waals surface area contributed by atoms with Crippen LogP contribution < -0.4 is 14.8 Å². The van der Waals surface area contributed by atoms with Crippen molar-refractivity contribution in [3.8, 4) is 11.5 Å². The number of ether oxygens (including phenoxy) is 2. The van der Waals surface area contributed by atoms with Crippen LogP contribution in [0.15, 0.2) is 18.2 Å². The van der Waals surface area contributed by atoms with Crippen LogP contribution >= 0.6 is 15.9 Å². The van der Waals surface area contributed by atoms with E-state index in [0.717, 1.165) is 5.56 Å². The second kappa shape index (κ2) is 6.97. The zero-order valence-electron chi connectivity index (χ0n) is 12.6. The molecular weight excluding hydrogens is 322 g/mol. The van der Waals surface area contributed by atoms with Crippen LogP contribution in [0.2, 0.25) is 0 Å². The maximum Gasteiger partial charge on any atom is 0.224 e. The summed E-state index contributed by atoms with van der Waals surface area (Å²) in [6, 6.07) is 5.49. The van der Waals surface area contributed by atoms with E-state index in [0.29, 0.717) is 17.9 Å². The molecule has 0 spiro atoms. The molecule has 1 N–H and O–H groups in total. The van der Waals surface area contributed by atoms with E-state index in [-0.39, 0.29) is 16.3 Å². The van der Waals surface area contributed by atoms with Gasteiger partial charge < -0.3 is 14.8 Å². The van der Waals surface area contributed by atoms with Gasteiger partial charge in [-0.1, -0.05) is 28.9 Å². The van der Waals surface area contributed by atoms with Crippen molar-refractivity contribution in [3.05, 3.63) is 23.8 Å². The van der Waals surface area contributed by atoms with Crippen molar-refractivity contribution in [1.29, 1.82) is 0 Å². The summed E-state index contributed by atoms with van der Waals surface area (Å²) in [5.74, 6) is 1.27. The molecule has 1 rings (SSSR count). The van der Waals surface area contributed by atoms with Crippen LogP contribution in [0, 0.1) is 0 Å². The molecule has 1 atom stereocenters. The Labute approximate surface area is 129 Å². The average Bonchev–Trinajstić information content (AvgIpc) is 2.37. The molecule has 0 bridgehead atoms. The minimum atomic E-state index is -0.298. The molecule has 112 valence electrons. The molecule has 4 nitrogen and oxygen atoms in total. The molecule has 0 saturated carbocycles. The fourth-order valence-corrected chi connectivity index (χ4v) is 1.79. The van der Waals surface area contributed by atoms with Gasteiger partial charge in [0.05, 0.1) is 20.6 Å². The van der Waals surface area contributed by atoms with Crippen LogP contribution in [0.3, 0.4) is 0 Å². The lowest BCUT2D eigenvalue weighted by Gasteiger charge is -2.29. The first-order valence-electron chi connectivity index (χ1n) is 6.46. The number of carbonyl (C=O) groups is 1. The van der Waals surface area contributed by atoms with Gasteiger partial charge in [-0.25, -0.2) is 0 Å². The highest BCUT2D eigenvalue weighted by molar-refractivity contribution is 9.09. The summed E-state index contributed by atoms with van der Waals surface area (Å²) in [6.07, 6.45) is 0.309. The number of halogens is 1. The standard InChI is InChI=1S/C15H22BrNO3/c1-10(16)15(2,3)17-14(18)9-11-6-7-12(19-4)13(8-11)20-5/h6-8,10H,9H2,1-5H3,(H,17,18). The fraction of sp³-hybridized carbons (Fsp3) is 0.533. The molecule has 5 heteroatoms. The topological polar surface area (TPSA) is 47.6 Å². The summed E-state index contributed by atoms with van der Waals surface area (Å²) in [5, 5.41) is 3.01. The number of nitrogens with one attached hydrogen (secondary N) is 1. The van der Waals surface area contributed by atoms with Crippen molar-refractivity contribution < 1.29 is 14.3 Å². The average molecular weight is 344 g/mol. The van der Waals surface area contributed by atoms with Gasteiger partial charge in [0.25, 0.3) is 0 Å². The number of hydrogen-bond donors (Lipinski definition) is 1. The molecule has 0 heterocycles. The van der Waals surface area contributed by atoms with E-state index in [4.69, 9.17) is 9.47 Å². The first-order chi connectivity index (χ1) is 9.30. The van der Waals surface area contributed by atoms with Gasteiger partial charge >= 0.3 is 0 Å². The minimum Gasteiger partial charge on any atom is -0.493 e. The lowest BCUT2D eigenvalue weighted by Crippen LogP contribution is -2.49. The van der Waals surface area contributed by atoms with Gasteiger partial charge in [-0.3, -0.25) is 4.79 Å². The van der Waals surface area contributed by atoms with Crippen molar-refractivity contribution in [1.82, 2.24) is 5.32 Å². The van der Waals surface area contributed by atoms with Crippen LogP contribution in [0.5, 0.6) is 11.5 Å². The zero-order chi connectivity index (χ0) is 15.3. The molecule has 1 unspecified atom stereocenters. The zero-order valence-corrected chi connectivity index (χ0v) is 14.2. The quantitative estimate of drug-likeness (QED) is 0.808. The Morgan fingerprint density at radius 1 is 1.30 bits per heavy atom. The number of amides is 1. The van der Waals surface area contributed by atoms with E-state index in [1.165, 1.54) is 0 Å². The van der Waals surface area contributed by atoms with E-state index in [1.54, 1.807) is 20.3 Å². The number of benzene rings is 1. The molecule has 1 amide bonds. The van der Waals surface area contributed by atoms with E-state index < -0.39 is 0 Å². The second-order valence-corrected chi connectivity index (χ2v) is 6.63. The van der Waals surface area contributed by atoms with Crippen LogP contribution in [-0.4, -0.2) is 30.5 Å². The van der Waals surface area contributed by atoms with E-state index in [2.05, 4.69) is 21.2 Å². The first-order valence-corrected chi connectivity index (χ1v) is 7.37. The number of methoxy groups -OCH3 is 2. The van der Waals surface area contributed by atoms with Gasteiger partial charge in [-0.05, 0) is 31.5 Å². The van der Waals surface area contributed by atoms with Gasteiger partial charge in [-0.15, -0.1) is 0 Å². The highest BCUT2D eigenvalue weighted by Crippen LogP contribution is 2.27. The first kappa shape index (κ1) is 16.8. The third-order valence-corrected chi connectivity index (χ3v) is 4.41. The van der Waals surface area contributed by atoms with Crippen molar-refractivity contribution >= 4 is 21.8 Å². The second-order valence-electron chi connectivity index (χ2n) is 5.25. The monoisotopic (exact) mass is 343 g/mol. The number of alkyl halides is 1. The molecule has 0 aliphatic rings. The lowest BCUT2D eigenvalue weighted by atomic mass is 10.0. The normalized spacial score (nSPS) is 12.7. The summed E-state index contributed by atoms with van der Waals surface area (Å²) in [4.78, 5) is 12.3. The molecule has 1 aromatic rings. The summed E-state index contributed by atoms with van der Waals surface area (Å²) in [6.45, 7) is 5.98. The smallest absolute Gasteiger partial charge is 0.224 e. The van der Waals surface area contributed by atoms with Crippen LogP contribution in [0.25, 0.3) is 0 Å². The van der Waals surface area contributed by atoms with E-state index in [1.807, 2.05) is 32.9 Å². The summed E-state index contributed by atoms with van der Waals surface area (Å²) in [5.41, 5.74) is 0.589. The maximum absolute atomic E-state index is 12.1. The van der Waals surface area contributed by atoms with Gasteiger partial charge in [0.2, 0.25) is 5.91 Å². The molecule has 0 aliphatic carbocycles. The SMILES string of the molecule is COc1ccc(CC(=O)NC(C)(C)C(C)Br)cc1OC. The summed E-state index contributed by atoms with van der Waals surface area (Å²) in [7, 11) is 3.17. The molecule has 0 aliphatic heterocycles. The molecule has 0 saturated heterocycles. The van der Waals surface area contributed by atoms with E-state index >= 15 is 0 Å². The Bertz CT molecular complexity index is 472. The van der Waals surface area contributed by atoms with Crippen molar-refractivity contribution in [2.75, 3.05) is 14.2 Å². The van der Waals surface area contributed by atoms with Crippen LogP contribution in [-0.2, 0) is 11.2 Å². The van der Waals surface area contributed by atoms with Crippen LogP contribution in [0.1, 0.15) is 26.3 Å². The molecular formula is C15H22BrNO3. The van der Waals surface area contributed by atoms with Gasteiger partial charge in [-0.2, -0.15) is 0 Å². The van der Waals surface area contributed by atoms with Crippen molar-refractivity contribution in [2.24, 2.45) is 0 Å². The third-order valence-electron chi connectivity index (χ3n) is 3.27. The minimum absolute atomic E-state index is 0.0199. The fourth-order valence-electron chi connectivity index (χ4n) is 1.68. The number of rotatable bonds is 6. The number of hydrogen-bond acceptors (Lipinski definition) is 3. The summed E-state index contributed by atoms with van der Waals surface area (Å²) < 4.78 is 10.4. The van der Waals surface area contributed by atoms with Gasteiger partial charge in [0.1, 0.15) is 0 Å². The highest BCUT2D eigenvalue weighted by atomic mass is 79.9. The predicted molar refractivity (Wildman–Crippen MR) is 83.9 cm³/mol. The van der Waals surface area contributed by atoms with Gasteiger partial charge in [0, 0.05) is 10.4 Å². The van der Waals surface area contributed by atoms with Crippen molar-refractivity contribution in [2.45, 2.75) is 37.6 Å². The Balaban J connectivity index is 2.76. The molecule has 0 radical (unpaired) electrons. The summed E-state index contributed by atoms with van der Waals surface area (Å²) >= 11 is 3.50. The van der Waals surface area contributed by atoms with E-state index in [9.17, 15) is 4.79 Å². The van der Waals surface area contributed by atoms with Gasteiger partial charge in [0.15, 0.2) is 11.5 Å². The molecule has 0 fully saturated rings. The maximum atomic E-state index is 12.1. The molecule has 0 aromatic heterocycles. The Morgan fingerprint density at radius 2 is 1.90 bits per heavy atom. The Hall–Kier alpha value is -1.23. The highest BCUT2D eigenvalue weighted by Gasteiger charge is 2.25. The van der Waals surface area contributed by atoms with Crippen molar-refractivity contribution in [3.63, 3.8) is 0 Å². The Morgan fingerprint density at radius 3 is 2.40 bits per heavy atom. The Kier molecular flexibility index (Phi) is 5.87. The third kappa shape index (κ3) is 4.40. The number of carbonyl (C=O) groups excluding carboxylic acids is 1. The molecule has 20 heavy (non-hydrogen) atoms.